The Balaban J connectivity index is 2.01. The minimum Gasteiger partial charge on any atom is -0.394 e. The van der Waals surface area contributed by atoms with Crippen LogP contribution in [0.15, 0.2) is 11.1 Å². The molecule has 8 nitrogen and oxygen atoms in total. The lowest BCUT2D eigenvalue weighted by molar-refractivity contribution is -0.0307. The van der Waals surface area contributed by atoms with Crippen molar-refractivity contribution in [2.75, 3.05) is 19.0 Å². The maximum Gasteiger partial charge on any atom is 0.280 e. The molecule has 0 bridgehead atoms. The number of aromatic amines is 1. The molecule has 2 aromatic heterocycles. The zero-order chi connectivity index (χ0) is 14.3. The Labute approximate surface area is 112 Å². The molecule has 0 amide bonds. The number of nitrogens with one attached hydrogen (secondary N) is 1. The molecule has 4 N–H and O–H groups in total. The van der Waals surface area contributed by atoms with E-state index in [1.165, 1.54) is 6.33 Å². The van der Waals surface area contributed by atoms with Crippen LogP contribution in [0.3, 0.4) is 0 Å². The van der Waals surface area contributed by atoms with Gasteiger partial charge in [0.25, 0.3) is 5.56 Å². The molecule has 0 aliphatic carbocycles. The zero-order valence-electron chi connectivity index (χ0n) is 10.5. The van der Waals surface area contributed by atoms with Crippen LogP contribution in [-0.2, 0) is 4.74 Å². The number of hydrogen-bond donors (Lipinski definition) is 3. The summed E-state index contributed by atoms with van der Waals surface area (Å²) < 4.78 is 20.0. The first-order valence-corrected chi connectivity index (χ1v) is 6.18. The molecule has 3 atom stereocenters. The maximum atomic E-state index is 12.9. The third-order valence-electron chi connectivity index (χ3n) is 3.50. The Morgan fingerprint density at radius 3 is 3.10 bits per heavy atom. The van der Waals surface area contributed by atoms with Crippen LogP contribution in [0.5, 0.6) is 0 Å². The number of anilines is 1. The van der Waals surface area contributed by atoms with Crippen molar-refractivity contribution in [1.29, 1.82) is 0 Å². The lowest BCUT2D eigenvalue weighted by atomic mass is 10.0. The summed E-state index contributed by atoms with van der Waals surface area (Å²) in [7, 11) is 0. The summed E-state index contributed by atoms with van der Waals surface area (Å²) in [5, 5.41) is 9.18. The number of alkyl halides is 1. The van der Waals surface area contributed by atoms with Crippen LogP contribution >= 0.6 is 0 Å². The third-order valence-corrected chi connectivity index (χ3v) is 3.50. The van der Waals surface area contributed by atoms with Crippen LogP contribution < -0.4 is 11.3 Å². The van der Waals surface area contributed by atoms with Gasteiger partial charge in [0.2, 0.25) is 5.95 Å². The monoisotopic (exact) mass is 283 g/mol. The highest BCUT2D eigenvalue weighted by Gasteiger charge is 2.36. The molecular weight excluding hydrogens is 269 g/mol. The van der Waals surface area contributed by atoms with Gasteiger partial charge in [0, 0.05) is 12.3 Å². The fraction of sp³-hybridized carbons (Fsp3) is 0.545. The molecule has 0 saturated carbocycles. The number of fused-ring (bicyclic) bond motifs is 1. The highest BCUT2D eigenvalue weighted by Crippen LogP contribution is 2.34. The second-order valence-corrected chi connectivity index (χ2v) is 4.74. The molecular formula is C11H14FN5O3. The predicted molar refractivity (Wildman–Crippen MR) is 67.6 cm³/mol. The Hall–Kier alpha value is -2.00. The number of hydrogen-bond acceptors (Lipinski definition) is 6. The summed E-state index contributed by atoms with van der Waals surface area (Å²) >= 11 is 0. The summed E-state index contributed by atoms with van der Waals surface area (Å²) in [6.07, 6.45) is 0.696. The summed E-state index contributed by atoms with van der Waals surface area (Å²) in [5.74, 6) is -0.412. The van der Waals surface area contributed by atoms with Gasteiger partial charge in [-0.3, -0.25) is 18.7 Å². The van der Waals surface area contributed by atoms with Gasteiger partial charge >= 0.3 is 0 Å². The summed E-state index contributed by atoms with van der Waals surface area (Å²) in [5.41, 5.74) is 5.50. The fourth-order valence-corrected chi connectivity index (χ4v) is 2.47. The van der Waals surface area contributed by atoms with Crippen LogP contribution in [0.4, 0.5) is 10.3 Å². The summed E-state index contributed by atoms with van der Waals surface area (Å²) in [6.45, 7) is -0.835. The first-order valence-electron chi connectivity index (χ1n) is 6.18. The van der Waals surface area contributed by atoms with Crippen molar-refractivity contribution in [3.05, 3.63) is 16.7 Å². The zero-order valence-corrected chi connectivity index (χ0v) is 10.5. The van der Waals surface area contributed by atoms with Gasteiger partial charge in [-0.2, -0.15) is 4.98 Å². The van der Waals surface area contributed by atoms with Gasteiger partial charge in [0.15, 0.2) is 11.2 Å². The number of nitrogens with zero attached hydrogens (tertiary/aromatic N) is 3. The van der Waals surface area contributed by atoms with E-state index in [-0.39, 0.29) is 29.6 Å². The number of ether oxygens (including phenoxy) is 1. The highest BCUT2D eigenvalue weighted by molar-refractivity contribution is 5.70. The minimum absolute atomic E-state index is 0.0250. The Bertz CT molecular complexity index is 672. The van der Waals surface area contributed by atoms with Gasteiger partial charge in [0.1, 0.15) is 6.23 Å². The smallest absolute Gasteiger partial charge is 0.280 e. The van der Waals surface area contributed by atoms with Crippen molar-refractivity contribution in [2.24, 2.45) is 5.92 Å². The topological polar surface area (TPSA) is 119 Å². The van der Waals surface area contributed by atoms with E-state index >= 15 is 0 Å². The normalized spacial score (nSPS) is 26.4. The number of halogens is 1. The molecule has 9 heteroatoms. The first kappa shape index (κ1) is 13.0. The second-order valence-electron chi connectivity index (χ2n) is 4.74. The van der Waals surface area contributed by atoms with Gasteiger partial charge in [-0.1, -0.05) is 0 Å². The molecule has 1 aliphatic rings. The van der Waals surface area contributed by atoms with Gasteiger partial charge in [0.05, 0.1) is 25.7 Å². The van der Waals surface area contributed by atoms with E-state index in [1.54, 1.807) is 4.57 Å². The van der Waals surface area contributed by atoms with E-state index in [0.717, 1.165) is 0 Å². The van der Waals surface area contributed by atoms with Gasteiger partial charge in [-0.25, -0.2) is 4.98 Å². The van der Waals surface area contributed by atoms with E-state index in [2.05, 4.69) is 15.0 Å². The van der Waals surface area contributed by atoms with Gasteiger partial charge in [-0.05, 0) is 0 Å². The number of H-pyrrole nitrogens is 1. The molecule has 1 fully saturated rings. The SMILES string of the molecule is Nc1nc2c(ncn2[C@H]2C[C@H](CF)[C@@H](CO)O2)c(=O)[nH]1. The highest BCUT2D eigenvalue weighted by atomic mass is 19.1. The van der Waals surface area contributed by atoms with E-state index in [1.807, 2.05) is 0 Å². The van der Waals surface area contributed by atoms with Crippen molar-refractivity contribution in [3.63, 3.8) is 0 Å². The van der Waals surface area contributed by atoms with Crippen molar-refractivity contribution in [2.45, 2.75) is 18.8 Å². The van der Waals surface area contributed by atoms with E-state index in [4.69, 9.17) is 10.5 Å². The first-order chi connectivity index (χ1) is 9.63. The largest absolute Gasteiger partial charge is 0.394 e. The Morgan fingerprint density at radius 1 is 1.65 bits per heavy atom. The molecule has 2 aromatic rings. The average molecular weight is 283 g/mol. The number of aromatic nitrogens is 4. The van der Waals surface area contributed by atoms with Gasteiger partial charge in [-0.15, -0.1) is 0 Å². The average Bonchev–Trinajstić information content (AvgIpc) is 3.01. The van der Waals surface area contributed by atoms with E-state index in [9.17, 15) is 14.3 Å². The molecule has 0 spiro atoms. The molecule has 108 valence electrons. The quantitative estimate of drug-likeness (QED) is 0.703. The molecule has 0 radical (unpaired) electrons. The lowest BCUT2D eigenvalue weighted by Crippen LogP contribution is -2.21. The number of nitrogens with two attached hydrogens (primary N) is 1. The Kier molecular flexibility index (Phi) is 3.14. The molecule has 3 heterocycles. The number of imidazole rings is 1. The van der Waals surface area contributed by atoms with E-state index in [0.29, 0.717) is 6.42 Å². The predicted octanol–water partition coefficient (Wildman–Crippen LogP) is -0.433. The van der Waals surface area contributed by atoms with E-state index < -0.39 is 24.6 Å². The van der Waals surface area contributed by atoms with Crippen molar-refractivity contribution in [3.8, 4) is 0 Å². The van der Waals surface area contributed by atoms with Crippen molar-refractivity contribution < 1.29 is 14.2 Å². The maximum absolute atomic E-state index is 12.9. The van der Waals surface area contributed by atoms with Crippen LogP contribution in [0, 0.1) is 5.92 Å². The molecule has 3 rings (SSSR count). The summed E-state index contributed by atoms with van der Waals surface area (Å²) in [4.78, 5) is 22.0. The number of aliphatic hydroxyl groups is 1. The molecule has 1 saturated heterocycles. The van der Waals surface area contributed by atoms with Crippen molar-refractivity contribution >= 4 is 17.1 Å². The standard InChI is InChI=1S/C11H14FN5O3/c12-2-5-1-7(20-6(5)3-18)17-4-14-8-9(17)15-11(13)16-10(8)19/h4-7,18H,1-3H2,(H3,13,15,16,19)/t5-,6-,7-/m1/s1. The minimum atomic E-state index is -0.579. The third kappa shape index (κ3) is 1.95. The van der Waals surface area contributed by atoms with Crippen LogP contribution in [0.25, 0.3) is 11.2 Å². The molecule has 0 aromatic carbocycles. The number of aliphatic hydroxyl groups excluding tert-OH is 1. The summed E-state index contributed by atoms with van der Waals surface area (Å²) in [6, 6.07) is 0. The fourth-order valence-electron chi connectivity index (χ4n) is 2.47. The van der Waals surface area contributed by atoms with Crippen LogP contribution in [0.1, 0.15) is 12.6 Å². The Morgan fingerprint density at radius 2 is 2.45 bits per heavy atom. The van der Waals surface area contributed by atoms with Crippen LogP contribution in [0.2, 0.25) is 0 Å². The lowest BCUT2D eigenvalue weighted by Gasteiger charge is -2.14. The number of rotatable bonds is 3. The van der Waals surface area contributed by atoms with Crippen molar-refractivity contribution in [1.82, 2.24) is 19.5 Å². The van der Waals surface area contributed by atoms with Crippen LogP contribution in [-0.4, -0.2) is 44.0 Å². The molecule has 1 aliphatic heterocycles. The molecule has 0 unspecified atom stereocenters. The molecule has 20 heavy (non-hydrogen) atoms. The second kappa shape index (κ2) is 4.84. The number of nitrogen functional groups attached to an aromatic ring is 1. The van der Waals surface area contributed by atoms with Gasteiger partial charge < -0.3 is 15.6 Å².